The van der Waals surface area contributed by atoms with Crippen LogP contribution in [0.15, 0.2) is 18.2 Å². The van der Waals surface area contributed by atoms with Gasteiger partial charge >= 0.3 is 0 Å². The molecule has 0 saturated heterocycles. The van der Waals surface area contributed by atoms with E-state index in [2.05, 4.69) is 11.8 Å². The summed E-state index contributed by atoms with van der Waals surface area (Å²) in [5, 5.41) is 8.71. The molecule has 0 fully saturated rings. The third-order valence-electron chi connectivity index (χ3n) is 1.47. The van der Waals surface area contributed by atoms with Crippen LogP contribution >= 0.6 is 0 Å². The van der Waals surface area contributed by atoms with E-state index in [9.17, 15) is 4.79 Å². The van der Waals surface area contributed by atoms with E-state index >= 15 is 0 Å². The predicted molar refractivity (Wildman–Crippen MR) is 48.5 cm³/mol. The fourth-order valence-electron chi connectivity index (χ4n) is 0.906. The molecule has 0 aliphatic heterocycles. The van der Waals surface area contributed by atoms with Crippen LogP contribution in [0.2, 0.25) is 0 Å². The van der Waals surface area contributed by atoms with Crippen molar-refractivity contribution in [3.8, 4) is 17.9 Å². The van der Waals surface area contributed by atoms with Crippen LogP contribution in [-0.2, 0) is 4.79 Å². The number of hydrogen-bond acceptors (Lipinski definition) is 3. The SMILES string of the molecule is N#Cc1c(N)cccc1C#CC=O. The standard InChI is InChI=1S/C10H6N2O/c11-7-9-8(4-2-6-13)3-1-5-10(9)12/h1,3,5-6H,12H2. The predicted octanol–water partition coefficient (Wildman–Crippen LogP) is 0.691. The van der Waals surface area contributed by atoms with Gasteiger partial charge in [-0.15, -0.1) is 0 Å². The first kappa shape index (κ1) is 8.83. The minimum atomic E-state index is 0.317. The molecule has 13 heavy (non-hydrogen) atoms. The summed E-state index contributed by atoms with van der Waals surface area (Å²) >= 11 is 0. The Morgan fingerprint density at radius 3 is 2.85 bits per heavy atom. The van der Waals surface area contributed by atoms with Crippen molar-refractivity contribution < 1.29 is 4.79 Å². The van der Waals surface area contributed by atoms with Gasteiger partial charge in [-0.05, 0) is 18.1 Å². The van der Waals surface area contributed by atoms with Crippen LogP contribution in [0.4, 0.5) is 5.69 Å². The zero-order valence-corrected chi connectivity index (χ0v) is 6.74. The largest absolute Gasteiger partial charge is 0.398 e. The molecule has 0 heterocycles. The Balaban J connectivity index is 3.30. The van der Waals surface area contributed by atoms with Crippen LogP contribution in [-0.4, -0.2) is 6.29 Å². The lowest BCUT2D eigenvalue weighted by atomic mass is 10.1. The summed E-state index contributed by atoms with van der Waals surface area (Å²) in [6.07, 6.45) is 0.477. The maximum atomic E-state index is 9.97. The molecule has 0 aromatic heterocycles. The first-order valence-electron chi connectivity index (χ1n) is 3.53. The zero-order chi connectivity index (χ0) is 9.68. The van der Waals surface area contributed by atoms with E-state index in [0.29, 0.717) is 23.1 Å². The van der Waals surface area contributed by atoms with E-state index in [1.54, 1.807) is 18.2 Å². The molecule has 1 rings (SSSR count). The Labute approximate surface area is 75.8 Å². The topological polar surface area (TPSA) is 66.9 Å². The molecule has 0 aliphatic rings. The summed E-state index contributed by atoms with van der Waals surface area (Å²) in [6, 6.07) is 6.87. The third kappa shape index (κ3) is 1.85. The highest BCUT2D eigenvalue weighted by molar-refractivity contribution is 5.75. The minimum absolute atomic E-state index is 0.317. The van der Waals surface area contributed by atoms with Crippen molar-refractivity contribution in [3.05, 3.63) is 29.3 Å². The molecule has 0 atom stereocenters. The summed E-state index contributed by atoms with van der Waals surface area (Å²) in [6.45, 7) is 0. The van der Waals surface area contributed by atoms with Crippen LogP contribution in [0, 0.1) is 23.2 Å². The van der Waals surface area contributed by atoms with E-state index in [4.69, 9.17) is 11.0 Å². The van der Waals surface area contributed by atoms with Gasteiger partial charge in [-0.3, -0.25) is 4.79 Å². The molecular weight excluding hydrogens is 164 g/mol. The van der Waals surface area contributed by atoms with E-state index < -0.39 is 0 Å². The maximum absolute atomic E-state index is 9.97. The van der Waals surface area contributed by atoms with E-state index in [1.165, 1.54) is 0 Å². The average molecular weight is 170 g/mol. The normalized spacial score (nSPS) is 7.92. The minimum Gasteiger partial charge on any atom is -0.398 e. The first-order valence-corrected chi connectivity index (χ1v) is 3.53. The van der Waals surface area contributed by atoms with E-state index in [1.807, 2.05) is 6.07 Å². The van der Waals surface area contributed by atoms with Crippen LogP contribution < -0.4 is 5.73 Å². The highest BCUT2D eigenvalue weighted by Gasteiger charge is 2.01. The van der Waals surface area contributed by atoms with Crippen molar-refractivity contribution in [2.24, 2.45) is 0 Å². The van der Waals surface area contributed by atoms with Gasteiger partial charge in [0.05, 0.1) is 11.3 Å². The second kappa shape index (κ2) is 3.94. The van der Waals surface area contributed by atoms with Gasteiger partial charge in [-0.1, -0.05) is 12.0 Å². The molecule has 1 aromatic rings. The van der Waals surface area contributed by atoms with Crippen molar-refractivity contribution >= 4 is 12.0 Å². The highest BCUT2D eigenvalue weighted by atomic mass is 16.1. The number of anilines is 1. The molecular formula is C10H6N2O. The number of nitrogens with zero attached hydrogens (tertiary/aromatic N) is 1. The Morgan fingerprint density at radius 1 is 1.46 bits per heavy atom. The molecule has 2 N–H and O–H groups in total. The lowest BCUT2D eigenvalue weighted by Gasteiger charge is -1.97. The van der Waals surface area contributed by atoms with E-state index in [0.717, 1.165) is 0 Å². The molecule has 62 valence electrons. The summed E-state index contributed by atoms with van der Waals surface area (Å²) in [5.41, 5.74) is 6.70. The van der Waals surface area contributed by atoms with Crippen LogP contribution in [0.5, 0.6) is 0 Å². The smallest absolute Gasteiger partial charge is 0.193 e. The van der Waals surface area contributed by atoms with Crippen molar-refractivity contribution in [1.29, 1.82) is 5.26 Å². The number of hydrogen-bond donors (Lipinski definition) is 1. The van der Waals surface area contributed by atoms with Crippen molar-refractivity contribution in [2.75, 3.05) is 5.73 Å². The summed E-state index contributed by atoms with van der Waals surface area (Å²) in [7, 11) is 0. The second-order valence-electron chi connectivity index (χ2n) is 2.27. The highest BCUT2D eigenvalue weighted by Crippen LogP contribution is 2.14. The lowest BCUT2D eigenvalue weighted by molar-refractivity contribution is -0.103. The van der Waals surface area contributed by atoms with Gasteiger partial charge in [-0.25, -0.2) is 0 Å². The number of benzene rings is 1. The Kier molecular flexibility index (Phi) is 2.68. The van der Waals surface area contributed by atoms with Gasteiger partial charge in [-0.2, -0.15) is 5.26 Å². The molecule has 0 unspecified atom stereocenters. The molecule has 0 amide bonds. The van der Waals surface area contributed by atoms with Gasteiger partial charge < -0.3 is 5.73 Å². The van der Waals surface area contributed by atoms with Crippen molar-refractivity contribution in [1.82, 2.24) is 0 Å². The fraction of sp³-hybridized carbons (Fsp3) is 0. The number of nitriles is 1. The molecule has 1 aromatic carbocycles. The monoisotopic (exact) mass is 170 g/mol. The molecule has 0 aliphatic carbocycles. The van der Waals surface area contributed by atoms with Gasteiger partial charge in [0, 0.05) is 5.56 Å². The molecule has 0 spiro atoms. The molecule has 0 radical (unpaired) electrons. The van der Waals surface area contributed by atoms with Crippen molar-refractivity contribution in [3.63, 3.8) is 0 Å². The first-order chi connectivity index (χ1) is 6.29. The van der Waals surface area contributed by atoms with Crippen LogP contribution in [0.3, 0.4) is 0 Å². The quantitative estimate of drug-likeness (QED) is 0.354. The third-order valence-corrected chi connectivity index (χ3v) is 1.47. The number of nitrogen functional groups attached to an aromatic ring is 1. The second-order valence-corrected chi connectivity index (χ2v) is 2.27. The van der Waals surface area contributed by atoms with Crippen LogP contribution in [0.25, 0.3) is 0 Å². The van der Waals surface area contributed by atoms with E-state index in [-0.39, 0.29) is 0 Å². The fourth-order valence-corrected chi connectivity index (χ4v) is 0.906. The molecule has 3 heteroatoms. The van der Waals surface area contributed by atoms with Gasteiger partial charge in [0.25, 0.3) is 0 Å². The molecule has 3 nitrogen and oxygen atoms in total. The number of carbonyl (C=O) groups is 1. The molecule has 0 bridgehead atoms. The zero-order valence-electron chi connectivity index (χ0n) is 6.74. The maximum Gasteiger partial charge on any atom is 0.193 e. The van der Waals surface area contributed by atoms with Gasteiger partial charge in [0.1, 0.15) is 6.07 Å². The Bertz CT molecular complexity index is 432. The number of carbonyl (C=O) groups excluding carboxylic acids is 1. The number of rotatable bonds is 0. The number of nitrogens with two attached hydrogens (primary N) is 1. The lowest BCUT2D eigenvalue weighted by Crippen LogP contribution is -1.92. The summed E-state index contributed by atoms with van der Waals surface area (Å²) in [5.74, 6) is 4.76. The average Bonchev–Trinajstić information content (AvgIpc) is 2.15. The van der Waals surface area contributed by atoms with Gasteiger partial charge in [0.15, 0.2) is 6.29 Å². The summed E-state index contributed by atoms with van der Waals surface area (Å²) < 4.78 is 0. The Hall–Kier alpha value is -2.26. The molecule has 0 saturated carbocycles. The number of aldehydes is 1. The summed E-state index contributed by atoms with van der Waals surface area (Å²) in [4.78, 5) is 9.97. The Morgan fingerprint density at radius 2 is 2.23 bits per heavy atom. The van der Waals surface area contributed by atoms with Crippen LogP contribution in [0.1, 0.15) is 11.1 Å². The van der Waals surface area contributed by atoms with Crippen molar-refractivity contribution in [2.45, 2.75) is 0 Å². The van der Waals surface area contributed by atoms with Gasteiger partial charge in [0.2, 0.25) is 0 Å².